The van der Waals surface area contributed by atoms with Crippen molar-refractivity contribution in [3.63, 3.8) is 0 Å². The van der Waals surface area contributed by atoms with E-state index in [-0.39, 0.29) is 20.9 Å². The van der Waals surface area contributed by atoms with Crippen LogP contribution in [0.25, 0.3) is 0 Å². The molecule has 1 aliphatic heterocycles. The molecule has 0 bridgehead atoms. The van der Waals surface area contributed by atoms with Gasteiger partial charge in [-0.3, -0.25) is 0 Å². The molecule has 0 spiro atoms. The highest BCUT2D eigenvalue weighted by molar-refractivity contribution is 8.09. The molecule has 0 aromatic heterocycles. The Kier molecular flexibility index (Phi) is 4.53. The second kappa shape index (κ2) is 5.78. The molecule has 1 aromatic carbocycles. The summed E-state index contributed by atoms with van der Waals surface area (Å²) < 4.78 is 59.2. The number of methoxy groups -OCH3 is 1. The van der Waals surface area contributed by atoms with Crippen molar-refractivity contribution in [3.8, 4) is 11.5 Å². The van der Waals surface area contributed by atoms with Gasteiger partial charge >= 0.3 is 0 Å². The number of nitrogens with zero attached hydrogens (tertiary/aromatic N) is 1. The smallest absolute Gasteiger partial charge is 0.245 e. The average Bonchev–Trinajstić information content (AvgIpc) is 2.33. The lowest BCUT2D eigenvalue weighted by Gasteiger charge is -2.36. The molecule has 2 rings (SSSR count). The maximum Gasteiger partial charge on any atom is 0.245 e. The summed E-state index contributed by atoms with van der Waals surface area (Å²) in [4.78, 5) is 0. The number of aliphatic hydroxyl groups excluding tert-OH is 1. The molecule has 1 N–H and O–H groups in total. The number of hydrogen-bond donors (Lipinski definition) is 1. The minimum absolute atomic E-state index is 0.00644. The van der Waals surface area contributed by atoms with Gasteiger partial charge in [0.05, 0.1) is 25.7 Å². The molecule has 1 aromatic rings. The molecule has 0 saturated heterocycles. The number of hydrogen-bond acceptors (Lipinski definition) is 7. The molecule has 0 radical (unpaired) electrons. The number of aliphatic hydroxyl groups is 1. The molecular formula is C14H21NO7S2. The predicted octanol–water partition coefficient (Wildman–Crippen LogP) is 1.02. The summed E-state index contributed by atoms with van der Waals surface area (Å²) in [5.41, 5.74) is -0.456. The molecule has 136 valence electrons. The largest absolute Gasteiger partial charge is 0.494 e. The van der Waals surface area contributed by atoms with E-state index >= 15 is 0 Å². The van der Waals surface area contributed by atoms with Crippen LogP contribution in [0.2, 0.25) is 0 Å². The molecule has 0 amide bonds. The summed E-state index contributed by atoms with van der Waals surface area (Å²) in [5.74, 6) is 0.221. The van der Waals surface area contributed by atoms with Gasteiger partial charge in [-0.1, -0.05) is 0 Å². The summed E-state index contributed by atoms with van der Waals surface area (Å²) in [7, 11) is -6.97. The van der Waals surface area contributed by atoms with Crippen molar-refractivity contribution >= 4 is 25.7 Å². The van der Waals surface area contributed by atoms with Crippen molar-refractivity contribution in [3.05, 3.63) is 17.7 Å². The van der Waals surface area contributed by atoms with Crippen LogP contribution in [0, 0.1) is 0 Å². The standard InChI is InChI=1S/C14H21NO7S2/c1-14(2)8-11(16)9-6-13(21-3)10(7-12(9)22-14)15(23(4,17)18)24(5,19)20/h6-7,11,16H,8H2,1-5H3/t11-/m0/s1. The van der Waals surface area contributed by atoms with Crippen LogP contribution >= 0.6 is 0 Å². The topological polar surface area (TPSA) is 110 Å². The van der Waals surface area contributed by atoms with Crippen LogP contribution in [0.4, 0.5) is 5.69 Å². The lowest BCUT2D eigenvalue weighted by Crippen LogP contribution is -2.37. The maximum atomic E-state index is 12.0. The van der Waals surface area contributed by atoms with Gasteiger partial charge in [-0.25, -0.2) is 16.8 Å². The number of ether oxygens (including phenoxy) is 2. The van der Waals surface area contributed by atoms with Crippen LogP contribution < -0.4 is 13.2 Å². The average molecular weight is 379 g/mol. The molecule has 0 saturated carbocycles. The lowest BCUT2D eigenvalue weighted by atomic mass is 9.91. The first-order valence-electron chi connectivity index (χ1n) is 7.06. The first kappa shape index (κ1) is 18.8. The third-order valence-electron chi connectivity index (χ3n) is 3.54. The molecule has 10 heteroatoms. The number of sulfonamides is 2. The third-order valence-corrected chi connectivity index (χ3v) is 6.76. The maximum absolute atomic E-state index is 12.0. The number of rotatable bonds is 4. The number of benzene rings is 1. The Labute approximate surface area is 142 Å². The molecular weight excluding hydrogens is 358 g/mol. The first-order chi connectivity index (χ1) is 10.8. The van der Waals surface area contributed by atoms with Crippen LogP contribution in [-0.4, -0.2) is 47.2 Å². The summed E-state index contributed by atoms with van der Waals surface area (Å²) in [6, 6.07) is 2.66. The zero-order chi connectivity index (χ0) is 18.5. The monoisotopic (exact) mass is 379 g/mol. The molecule has 0 aliphatic carbocycles. The fraction of sp³-hybridized carbons (Fsp3) is 0.571. The zero-order valence-corrected chi connectivity index (χ0v) is 15.7. The van der Waals surface area contributed by atoms with Crippen LogP contribution in [0.5, 0.6) is 11.5 Å². The van der Waals surface area contributed by atoms with Gasteiger partial charge in [0.1, 0.15) is 22.8 Å². The van der Waals surface area contributed by atoms with Gasteiger partial charge in [0.25, 0.3) is 0 Å². The van der Waals surface area contributed by atoms with E-state index in [0.29, 0.717) is 12.0 Å². The van der Waals surface area contributed by atoms with Gasteiger partial charge in [-0.2, -0.15) is 3.71 Å². The van der Waals surface area contributed by atoms with Gasteiger partial charge in [-0.05, 0) is 19.9 Å². The fourth-order valence-corrected chi connectivity index (χ4v) is 5.71. The fourth-order valence-electron chi connectivity index (χ4n) is 2.74. The molecule has 24 heavy (non-hydrogen) atoms. The summed E-state index contributed by atoms with van der Waals surface area (Å²) in [5, 5.41) is 10.3. The second-order valence-electron chi connectivity index (χ2n) is 6.37. The lowest BCUT2D eigenvalue weighted by molar-refractivity contribution is 0.0114. The summed E-state index contributed by atoms with van der Waals surface area (Å²) >= 11 is 0. The molecule has 1 atom stereocenters. The normalized spacial score (nSPS) is 20.0. The van der Waals surface area contributed by atoms with Gasteiger partial charge in [0.15, 0.2) is 0 Å². The zero-order valence-electron chi connectivity index (χ0n) is 14.1. The van der Waals surface area contributed by atoms with E-state index in [1.807, 2.05) is 0 Å². The first-order valence-corrected chi connectivity index (χ1v) is 10.8. The van der Waals surface area contributed by atoms with Crippen molar-refractivity contribution in [1.29, 1.82) is 0 Å². The van der Waals surface area contributed by atoms with E-state index in [2.05, 4.69) is 0 Å². The van der Waals surface area contributed by atoms with Crippen molar-refractivity contribution in [2.24, 2.45) is 0 Å². The Morgan fingerprint density at radius 1 is 1.21 bits per heavy atom. The predicted molar refractivity (Wildman–Crippen MR) is 89.4 cm³/mol. The van der Waals surface area contributed by atoms with E-state index in [9.17, 15) is 21.9 Å². The van der Waals surface area contributed by atoms with E-state index in [0.717, 1.165) is 12.5 Å². The van der Waals surface area contributed by atoms with Crippen molar-refractivity contribution in [2.45, 2.75) is 32.0 Å². The SMILES string of the molecule is COc1cc2c(cc1N(S(C)(=O)=O)S(C)(=O)=O)OC(C)(C)C[C@@H]2O. The highest BCUT2D eigenvalue weighted by atomic mass is 32.3. The molecule has 0 fully saturated rings. The Bertz CT molecular complexity index is 827. The summed E-state index contributed by atoms with van der Waals surface area (Å²) in [6.45, 7) is 3.54. The Hall–Kier alpha value is -1.52. The van der Waals surface area contributed by atoms with Gasteiger partial charge in [0.2, 0.25) is 20.0 Å². The van der Waals surface area contributed by atoms with E-state index in [1.165, 1.54) is 19.2 Å². The van der Waals surface area contributed by atoms with E-state index in [4.69, 9.17) is 9.47 Å². The van der Waals surface area contributed by atoms with Gasteiger partial charge < -0.3 is 14.6 Å². The Balaban J connectivity index is 2.76. The van der Waals surface area contributed by atoms with Crippen molar-refractivity contribution in [2.75, 3.05) is 23.3 Å². The van der Waals surface area contributed by atoms with Gasteiger partial charge in [-0.15, -0.1) is 0 Å². The molecule has 1 heterocycles. The van der Waals surface area contributed by atoms with E-state index < -0.39 is 31.8 Å². The number of anilines is 1. The Morgan fingerprint density at radius 2 is 1.75 bits per heavy atom. The Morgan fingerprint density at radius 3 is 2.21 bits per heavy atom. The van der Waals surface area contributed by atoms with Crippen LogP contribution in [-0.2, 0) is 20.0 Å². The van der Waals surface area contributed by atoms with Crippen LogP contribution in [0.15, 0.2) is 12.1 Å². The van der Waals surface area contributed by atoms with E-state index in [1.54, 1.807) is 13.8 Å². The number of fused-ring (bicyclic) bond motifs is 1. The molecule has 8 nitrogen and oxygen atoms in total. The van der Waals surface area contributed by atoms with Crippen LogP contribution in [0.1, 0.15) is 31.9 Å². The highest BCUT2D eigenvalue weighted by Gasteiger charge is 2.37. The van der Waals surface area contributed by atoms with Gasteiger partial charge in [0, 0.05) is 18.1 Å². The quantitative estimate of drug-likeness (QED) is 0.831. The minimum Gasteiger partial charge on any atom is -0.494 e. The third kappa shape index (κ3) is 3.60. The van der Waals surface area contributed by atoms with Crippen molar-refractivity contribution in [1.82, 2.24) is 0 Å². The molecule has 1 aliphatic rings. The van der Waals surface area contributed by atoms with Crippen molar-refractivity contribution < 1.29 is 31.4 Å². The minimum atomic E-state index is -4.13. The highest BCUT2D eigenvalue weighted by Crippen LogP contribution is 2.45. The van der Waals surface area contributed by atoms with Crippen LogP contribution in [0.3, 0.4) is 0 Å². The summed E-state index contributed by atoms with van der Waals surface area (Å²) in [6.07, 6.45) is 1.07. The molecule has 0 unspecified atom stereocenters. The second-order valence-corrected chi connectivity index (χ2v) is 10.3.